The molecule has 1 amide bonds. The van der Waals surface area contributed by atoms with Gasteiger partial charge in [0.1, 0.15) is 0 Å². The quantitative estimate of drug-likeness (QED) is 0.702. The number of aliphatic hydroxyl groups is 1. The van der Waals surface area contributed by atoms with Crippen LogP contribution in [-0.4, -0.2) is 17.1 Å². The van der Waals surface area contributed by atoms with Crippen LogP contribution < -0.4 is 5.32 Å². The first-order valence-electron chi connectivity index (χ1n) is 9.01. The van der Waals surface area contributed by atoms with Crippen LogP contribution in [0, 0.1) is 0 Å². The molecule has 1 aliphatic carbocycles. The maximum absolute atomic E-state index is 12.6. The fraction of sp³-hybridized carbons (Fsp3) is 0.174. The highest BCUT2D eigenvalue weighted by molar-refractivity contribution is 6.30. The van der Waals surface area contributed by atoms with Gasteiger partial charge in [-0.3, -0.25) is 4.79 Å². The molecule has 3 atom stereocenters. The van der Waals surface area contributed by atoms with Crippen molar-refractivity contribution in [3.63, 3.8) is 0 Å². The fourth-order valence-corrected chi connectivity index (χ4v) is 4.07. The Morgan fingerprint density at radius 3 is 2.37 bits per heavy atom. The van der Waals surface area contributed by atoms with Crippen LogP contribution in [0.1, 0.15) is 39.0 Å². The van der Waals surface area contributed by atoms with Crippen LogP contribution in [-0.2, 0) is 6.42 Å². The Labute approximate surface area is 163 Å². The SMILES string of the molecule is O=C(N[C@@H]1c2ccccc2[C@H](Cc2cccc(Cl)c2)C1O)c1ccccc1. The van der Waals surface area contributed by atoms with Crippen molar-refractivity contribution < 1.29 is 9.90 Å². The van der Waals surface area contributed by atoms with Gasteiger partial charge in [0.05, 0.1) is 12.1 Å². The number of rotatable bonds is 4. The van der Waals surface area contributed by atoms with Crippen molar-refractivity contribution in [2.45, 2.75) is 24.5 Å². The Hall–Kier alpha value is -2.62. The van der Waals surface area contributed by atoms with Crippen molar-refractivity contribution in [1.82, 2.24) is 5.32 Å². The Morgan fingerprint density at radius 2 is 1.63 bits per heavy atom. The van der Waals surface area contributed by atoms with Gasteiger partial charge in [-0.1, -0.05) is 66.2 Å². The van der Waals surface area contributed by atoms with E-state index in [0.717, 1.165) is 16.7 Å². The van der Waals surface area contributed by atoms with Crippen LogP contribution >= 0.6 is 11.6 Å². The van der Waals surface area contributed by atoms with Gasteiger partial charge < -0.3 is 10.4 Å². The average Bonchev–Trinajstić information content (AvgIpc) is 2.95. The predicted octanol–water partition coefficient (Wildman–Crippen LogP) is 4.51. The lowest BCUT2D eigenvalue weighted by molar-refractivity contribution is 0.0813. The average molecular weight is 378 g/mol. The summed E-state index contributed by atoms with van der Waals surface area (Å²) in [4.78, 5) is 12.6. The van der Waals surface area contributed by atoms with Gasteiger partial charge in [0.25, 0.3) is 5.91 Å². The molecule has 0 aliphatic heterocycles. The van der Waals surface area contributed by atoms with Crippen LogP contribution in [0.2, 0.25) is 5.02 Å². The van der Waals surface area contributed by atoms with Gasteiger partial charge >= 0.3 is 0 Å². The summed E-state index contributed by atoms with van der Waals surface area (Å²) in [5.74, 6) is -0.279. The Balaban J connectivity index is 1.61. The highest BCUT2D eigenvalue weighted by atomic mass is 35.5. The summed E-state index contributed by atoms with van der Waals surface area (Å²) in [6, 6.07) is 24.2. The van der Waals surface area contributed by atoms with Crippen LogP contribution in [0.5, 0.6) is 0 Å². The molecule has 0 bridgehead atoms. The van der Waals surface area contributed by atoms with Crippen molar-refractivity contribution in [3.05, 3.63) is 106 Å². The van der Waals surface area contributed by atoms with E-state index >= 15 is 0 Å². The number of amides is 1. The first-order valence-corrected chi connectivity index (χ1v) is 9.38. The Bertz CT molecular complexity index is 957. The first kappa shape index (κ1) is 17.8. The number of halogens is 1. The zero-order valence-electron chi connectivity index (χ0n) is 14.7. The van der Waals surface area contributed by atoms with Gasteiger partial charge in [-0.2, -0.15) is 0 Å². The number of fused-ring (bicyclic) bond motifs is 1. The fourth-order valence-electron chi connectivity index (χ4n) is 3.86. The summed E-state index contributed by atoms with van der Waals surface area (Å²) in [5, 5.41) is 14.7. The van der Waals surface area contributed by atoms with Crippen molar-refractivity contribution in [2.75, 3.05) is 0 Å². The first-order chi connectivity index (χ1) is 13.1. The zero-order valence-corrected chi connectivity index (χ0v) is 15.4. The Morgan fingerprint density at radius 1 is 0.926 bits per heavy atom. The number of nitrogens with one attached hydrogen (secondary N) is 1. The molecule has 27 heavy (non-hydrogen) atoms. The minimum Gasteiger partial charge on any atom is -0.390 e. The molecule has 4 rings (SSSR count). The summed E-state index contributed by atoms with van der Waals surface area (Å²) in [6.07, 6.45) is -0.0368. The van der Waals surface area contributed by atoms with Gasteiger partial charge in [-0.15, -0.1) is 0 Å². The molecule has 0 fully saturated rings. The lowest BCUT2D eigenvalue weighted by Gasteiger charge is -2.22. The number of benzene rings is 3. The summed E-state index contributed by atoms with van der Waals surface area (Å²) in [5.41, 5.74) is 3.70. The largest absolute Gasteiger partial charge is 0.390 e. The molecule has 0 radical (unpaired) electrons. The second kappa shape index (κ2) is 7.55. The summed E-state index contributed by atoms with van der Waals surface area (Å²) >= 11 is 6.11. The molecular formula is C23H20ClNO2. The molecule has 2 N–H and O–H groups in total. The summed E-state index contributed by atoms with van der Waals surface area (Å²) < 4.78 is 0. The van der Waals surface area contributed by atoms with Gasteiger partial charge in [-0.25, -0.2) is 0 Å². The number of carbonyl (C=O) groups excluding carboxylic acids is 1. The molecule has 3 aromatic rings. The monoisotopic (exact) mass is 377 g/mol. The van der Waals surface area contributed by atoms with E-state index < -0.39 is 12.1 Å². The van der Waals surface area contributed by atoms with Crippen molar-refractivity contribution in [2.24, 2.45) is 0 Å². The molecule has 136 valence electrons. The molecule has 4 heteroatoms. The maximum Gasteiger partial charge on any atom is 0.251 e. The van der Waals surface area contributed by atoms with Gasteiger partial charge in [0.2, 0.25) is 0 Å². The van der Waals surface area contributed by atoms with Crippen LogP contribution in [0.4, 0.5) is 0 Å². The third-order valence-electron chi connectivity index (χ3n) is 5.15. The molecule has 3 aromatic carbocycles. The second-order valence-electron chi connectivity index (χ2n) is 6.88. The van der Waals surface area contributed by atoms with E-state index in [0.29, 0.717) is 17.0 Å². The minimum absolute atomic E-state index is 0.0965. The highest BCUT2D eigenvalue weighted by Crippen LogP contribution is 2.42. The van der Waals surface area contributed by atoms with E-state index in [1.54, 1.807) is 12.1 Å². The smallest absolute Gasteiger partial charge is 0.251 e. The van der Waals surface area contributed by atoms with E-state index in [1.807, 2.05) is 66.7 Å². The normalized spacial score (nSPS) is 20.9. The summed E-state index contributed by atoms with van der Waals surface area (Å²) in [7, 11) is 0. The van der Waals surface area contributed by atoms with Crippen LogP contribution in [0.25, 0.3) is 0 Å². The van der Waals surface area contributed by atoms with Gasteiger partial charge in [0.15, 0.2) is 0 Å². The predicted molar refractivity (Wildman–Crippen MR) is 107 cm³/mol. The van der Waals surface area contributed by atoms with Crippen LogP contribution in [0.3, 0.4) is 0 Å². The molecule has 0 spiro atoms. The van der Waals surface area contributed by atoms with Crippen molar-refractivity contribution in [3.8, 4) is 0 Å². The van der Waals surface area contributed by atoms with Crippen molar-refractivity contribution in [1.29, 1.82) is 0 Å². The molecule has 0 aromatic heterocycles. The Kier molecular flexibility index (Phi) is 4.97. The molecular weight excluding hydrogens is 358 g/mol. The van der Waals surface area contributed by atoms with Crippen molar-refractivity contribution >= 4 is 17.5 Å². The van der Waals surface area contributed by atoms with E-state index in [1.165, 1.54) is 0 Å². The minimum atomic E-state index is -0.700. The van der Waals surface area contributed by atoms with Gasteiger partial charge in [-0.05, 0) is 47.4 Å². The molecule has 1 unspecified atom stereocenters. The topological polar surface area (TPSA) is 49.3 Å². The van der Waals surface area contributed by atoms with E-state index in [9.17, 15) is 9.90 Å². The lowest BCUT2D eigenvalue weighted by Crippen LogP contribution is -2.35. The van der Waals surface area contributed by atoms with Crippen LogP contribution in [0.15, 0.2) is 78.9 Å². The zero-order chi connectivity index (χ0) is 18.8. The second-order valence-corrected chi connectivity index (χ2v) is 7.31. The van der Waals surface area contributed by atoms with E-state index in [-0.39, 0.29) is 11.8 Å². The molecule has 0 saturated heterocycles. The standard InChI is InChI=1S/C23H20ClNO2/c24-17-10-6-7-15(13-17)14-20-18-11-4-5-12-19(18)21(22(20)26)25-23(27)16-8-2-1-3-9-16/h1-13,20-22,26H,14H2,(H,25,27)/t20-,21+,22?/m0/s1. The van der Waals surface area contributed by atoms with E-state index in [4.69, 9.17) is 11.6 Å². The molecule has 1 aliphatic rings. The highest BCUT2D eigenvalue weighted by Gasteiger charge is 2.40. The third kappa shape index (κ3) is 3.61. The number of hydrogen-bond donors (Lipinski definition) is 2. The van der Waals surface area contributed by atoms with Gasteiger partial charge in [0, 0.05) is 16.5 Å². The van der Waals surface area contributed by atoms with E-state index in [2.05, 4.69) is 5.32 Å². The molecule has 0 saturated carbocycles. The number of hydrogen-bond acceptors (Lipinski definition) is 2. The number of carbonyl (C=O) groups is 1. The third-order valence-corrected chi connectivity index (χ3v) is 5.39. The lowest BCUT2D eigenvalue weighted by atomic mass is 9.92. The molecule has 0 heterocycles. The number of aliphatic hydroxyl groups excluding tert-OH is 1. The summed E-state index contributed by atoms with van der Waals surface area (Å²) in [6.45, 7) is 0. The molecule has 3 nitrogen and oxygen atoms in total. The maximum atomic E-state index is 12.6.